The Morgan fingerprint density at radius 3 is 2.13 bits per heavy atom. The van der Waals surface area contributed by atoms with Gasteiger partial charge in [-0.25, -0.2) is 0 Å². The van der Waals surface area contributed by atoms with Gasteiger partial charge in [0.25, 0.3) is 0 Å². The van der Waals surface area contributed by atoms with E-state index in [0.29, 0.717) is 0 Å². The molecule has 1 nitrogen and oxygen atoms in total. The minimum Gasteiger partial charge on any atom is -0.457 e. The Morgan fingerprint density at radius 2 is 1.53 bits per heavy atom. The second-order valence-corrected chi connectivity index (χ2v) is 3.89. The van der Waals surface area contributed by atoms with E-state index >= 15 is 0 Å². The van der Waals surface area contributed by atoms with Crippen LogP contribution in [-0.4, -0.2) is 6.26 Å². The third-order valence-electron chi connectivity index (χ3n) is 1.98. The molecule has 75 valence electrons. The molecule has 1 radical (unpaired) electrons. The first-order chi connectivity index (χ1) is 7.38. The fourth-order valence-electron chi connectivity index (χ4n) is 1.22. The monoisotopic (exact) mass is 215 g/mol. The largest absolute Gasteiger partial charge is 0.457 e. The first kappa shape index (κ1) is 10.1. The number of benzene rings is 2. The quantitative estimate of drug-likeness (QED) is 0.716. The molecule has 0 aliphatic rings. The summed E-state index contributed by atoms with van der Waals surface area (Å²) in [6, 6.07) is 18.5. The summed E-state index contributed by atoms with van der Waals surface area (Å²) in [5.74, 6) is 1.70. The van der Waals surface area contributed by atoms with Crippen molar-refractivity contribution in [3.8, 4) is 11.5 Å². The van der Waals surface area contributed by atoms with Gasteiger partial charge in [0, 0.05) is 4.90 Å². The standard InChI is InChI=1S/C13H11OS/c1-15-13-9-7-12(8-10-13)14-11-5-3-2-4-6-11/h3-10H,1H3. The highest BCUT2D eigenvalue weighted by Crippen LogP contribution is 2.23. The van der Waals surface area contributed by atoms with Crippen LogP contribution in [0.5, 0.6) is 11.5 Å². The van der Waals surface area contributed by atoms with Gasteiger partial charge in [0.1, 0.15) is 11.5 Å². The van der Waals surface area contributed by atoms with Crippen LogP contribution < -0.4 is 4.74 Å². The van der Waals surface area contributed by atoms with Crippen LogP contribution in [0.4, 0.5) is 0 Å². The van der Waals surface area contributed by atoms with Gasteiger partial charge in [0.15, 0.2) is 0 Å². The average Bonchev–Trinajstić information content (AvgIpc) is 2.31. The predicted molar refractivity (Wildman–Crippen MR) is 63.6 cm³/mol. The summed E-state index contributed by atoms with van der Waals surface area (Å²) in [5.41, 5.74) is 0. The third-order valence-corrected chi connectivity index (χ3v) is 2.73. The van der Waals surface area contributed by atoms with Crippen molar-refractivity contribution in [1.82, 2.24) is 0 Å². The van der Waals surface area contributed by atoms with Gasteiger partial charge in [-0.1, -0.05) is 12.1 Å². The lowest BCUT2D eigenvalue weighted by Gasteiger charge is -2.05. The van der Waals surface area contributed by atoms with Crippen molar-refractivity contribution in [2.75, 3.05) is 6.26 Å². The van der Waals surface area contributed by atoms with E-state index in [1.165, 1.54) is 4.90 Å². The van der Waals surface area contributed by atoms with Crippen LogP contribution in [-0.2, 0) is 0 Å². The van der Waals surface area contributed by atoms with Crippen LogP contribution >= 0.6 is 11.8 Å². The van der Waals surface area contributed by atoms with Crippen molar-refractivity contribution in [2.24, 2.45) is 0 Å². The van der Waals surface area contributed by atoms with Crippen molar-refractivity contribution in [2.45, 2.75) is 4.90 Å². The van der Waals surface area contributed by atoms with E-state index in [9.17, 15) is 0 Å². The summed E-state index contributed by atoms with van der Waals surface area (Å²) in [6.45, 7) is 0. The molecule has 0 atom stereocenters. The fourth-order valence-corrected chi connectivity index (χ4v) is 1.63. The molecule has 2 heteroatoms. The van der Waals surface area contributed by atoms with Crippen molar-refractivity contribution in [1.29, 1.82) is 0 Å². The minimum absolute atomic E-state index is 0.839. The highest BCUT2D eigenvalue weighted by atomic mass is 32.2. The zero-order valence-corrected chi connectivity index (χ0v) is 9.25. The number of rotatable bonds is 3. The molecule has 0 saturated carbocycles. The maximum atomic E-state index is 5.65. The Hall–Kier alpha value is -1.41. The van der Waals surface area contributed by atoms with Crippen LogP contribution in [0.3, 0.4) is 0 Å². The van der Waals surface area contributed by atoms with Gasteiger partial charge in [-0.05, 0) is 48.7 Å². The van der Waals surface area contributed by atoms with Gasteiger partial charge in [-0.15, -0.1) is 11.8 Å². The predicted octanol–water partition coefficient (Wildman–Crippen LogP) is 4.00. The first-order valence-electron chi connectivity index (χ1n) is 4.66. The molecule has 0 amide bonds. The van der Waals surface area contributed by atoms with E-state index in [4.69, 9.17) is 4.74 Å². The Bertz CT molecular complexity index is 408. The molecule has 0 bridgehead atoms. The fraction of sp³-hybridized carbons (Fsp3) is 0.0769. The van der Waals surface area contributed by atoms with Crippen LogP contribution in [0.15, 0.2) is 53.4 Å². The molecule has 15 heavy (non-hydrogen) atoms. The minimum atomic E-state index is 0.839. The number of ether oxygens (including phenoxy) is 1. The second kappa shape index (κ2) is 4.89. The van der Waals surface area contributed by atoms with Gasteiger partial charge >= 0.3 is 0 Å². The van der Waals surface area contributed by atoms with Crippen molar-refractivity contribution in [3.05, 3.63) is 54.6 Å². The highest BCUT2D eigenvalue weighted by molar-refractivity contribution is 7.98. The lowest BCUT2D eigenvalue weighted by atomic mass is 10.3. The molecular formula is C13H11OS. The maximum absolute atomic E-state index is 5.65. The Kier molecular flexibility index (Phi) is 3.30. The maximum Gasteiger partial charge on any atom is 0.127 e. The molecule has 0 N–H and O–H groups in total. The molecule has 0 fully saturated rings. The van der Waals surface area contributed by atoms with Gasteiger partial charge in [0.2, 0.25) is 0 Å². The third kappa shape index (κ3) is 2.77. The highest BCUT2D eigenvalue weighted by Gasteiger charge is 1.96. The molecule has 2 rings (SSSR count). The van der Waals surface area contributed by atoms with Crippen molar-refractivity contribution in [3.63, 3.8) is 0 Å². The second-order valence-electron chi connectivity index (χ2n) is 3.01. The number of hydrogen-bond donors (Lipinski definition) is 0. The average molecular weight is 215 g/mol. The number of hydrogen-bond acceptors (Lipinski definition) is 2. The summed E-state index contributed by atoms with van der Waals surface area (Å²) in [7, 11) is 0. The summed E-state index contributed by atoms with van der Waals surface area (Å²) >= 11 is 1.72. The zero-order chi connectivity index (χ0) is 10.5. The lowest BCUT2D eigenvalue weighted by molar-refractivity contribution is 0.482. The van der Waals surface area contributed by atoms with Crippen LogP contribution in [0.1, 0.15) is 0 Å². The van der Waals surface area contributed by atoms with E-state index in [2.05, 4.69) is 24.5 Å². The summed E-state index contributed by atoms with van der Waals surface area (Å²) in [6.07, 6.45) is 2.06. The van der Waals surface area contributed by atoms with E-state index in [1.54, 1.807) is 11.8 Å². The Morgan fingerprint density at radius 1 is 0.933 bits per heavy atom. The molecule has 0 aliphatic carbocycles. The summed E-state index contributed by atoms with van der Waals surface area (Å²) in [5, 5.41) is 0. The zero-order valence-electron chi connectivity index (χ0n) is 8.44. The van der Waals surface area contributed by atoms with Gasteiger partial charge in [-0.2, -0.15) is 0 Å². The van der Waals surface area contributed by atoms with Gasteiger partial charge < -0.3 is 4.74 Å². The molecule has 0 heterocycles. The molecule has 0 unspecified atom stereocenters. The van der Waals surface area contributed by atoms with E-state index in [-0.39, 0.29) is 0 Å². The van der Waals surface area contributed by atoms with E-state index in [1.807, 2.05) is 36.4 Å². The Labute approximate surface area is 94.1 Å². The normalized spacial score (nSPS) is 9.93. The smallest absolute Gasteiger partial charge is 0.127 e. The van der Waals surface area contributed by atoms with E-state index in [0.717, 1.165) is 11.5 Å². The van der Waals surface area contributed by atoms with Gasteiger partial charge in [-0.3, -0.25) is 0 Å². The van der Waals surface area contributed by atoms with Crippen molar-refractivity contribution >= 4 is 11.8 Å². The molecule has 0 aromatic heterocycles. The SMILES string of the molecule is CSc1ccc(Oc2cc[c]cc2)cc1. The summed E-state index contributed by atoms with van der Waals surface area (Å²) < 4.78 is 5.65. The number of thioether (sulfide) groups is 1. The van der Waals surface area contributed by atoms with Gasteiger partial charge in [0.05, 0.1) is 0 Å². The molecule has 0 saturated heterocycles. The molecular weight excluding hydrogens is 204 g/mol. The topological polar surface area (TPSA) is 9.23 Å². The molecule has 0 aliphatic heterocycles. The lowest BCUT2D eigenvalue weighted by Crippen LogP contribution is -1.82. The molecule has 0 spiro atoms. The Balaban J connectivity index is 2.11. The molecule has 2 aromatic rings. The van der Waals surface area contributed by atoms with Crippen LogP contribution in [0.2, 0.25) is 0 Å². The molecule has 2 aromatic carbocycles. The van der Waals surface area contributed by atoms with Crippen LogP contribution in [0, 0.1) is 6.07 Å². The van der Waals surface area contributed by atoms with E-state index < -0.39 is 0 Å². The van der Waals surface area contributed by atoms with Crippen LogP contribution in [0.25, 0.3) is 0 Å². The van der Waals surface area contributed by atoms with Crippen molar-refractivity contribution < 1.29 is 4.74 Å². The summed E-state index contributed by atoms with van der Waals surface area (Å²) in [4.78, 5) is 1.24. The first-order valence-corrected chi connectivity index (χ1v) is 5.89.